The standard InChI is InChI=1S/C13H10F3N3OS/c14-13(15,16)8-4-2-6-21(8)11-9-7(3-1-5-18-9)19-10(11)12(17)20/h1-6,19,21H,(H2,17,20). The molecule has 0 bridgehead atoms. The molecule has 0 radical (unpaired) electrons. The van der Waals surface area contributed by atoms with Gasteiger partial charge in [-0.2, -0.15) is 24.1 Å². The number of aromatic nitrogens is 2. The first kappa shape index (κ1) is 13.7. The number of nitrogens with zero attached hydrogens (tertiary/aromatic N) is 1. The van der Waals surface area contributed by atoms with Crippen LogP contribution in [0.3, 0.4) is 0 Å². The number of hydrogen-bond acceptors (Lipinski definition) is 2. The van der Waals surface area contributed by atoms with Gasteiger partial charge in [0.1, 0.15) is 11.2 Å². The number of H-pyrrole nitrogens is 1. The van der Waals surface area contributed by atoms with Gasteiger partial charge in [-0.15, -0.1) is 0 Å². The first-order valence-electron chi connectivity index (χ1n) is 5.91. The number of nitrogens with two attached hydrogens (primary N) is 1. The summed E-state index contributed by atoms with van der Waals surface area (Å²) in [7, 11) is -1.85. The molecule has 21 heavy (non-hydrogen) atoms. The first-order chi connectivity index (χ1) is 9.89. The van der Waals surface area contributed by atoms with E-state index in [1.54, 1.807) is 12.1 Å². The summed E-state index contributed by atoms with van der Waals surface area (Å²) in [6.45, 7) is 0. The van der Waals surface area contributed by atoms with Crippen molar-refractivity contribution in [3.63, 3.8) is 0 Å². The minimum atomic E-state index is -4.46. The number of carbonyl (C=O) groups is 1. The van der Waals surface area contributed by atoms with E-state index in [9.17, 15) is 18.0 Å². The number of fused-ring (bicyclic) bond motifs is 1. The van der Waals surface area contributed by atoms with Crippen molar-refractivity contribution in [2.75, 3.05) is 0 Å². The molecule has 1 atom stereocenters. The lowest BCUT2D eigenvalue weighted by Gasteiger charge is -2.20. The largest absolute Gasteiger partial charge is 0.421 e. The van der Waals surface area contributed by atoms with Crippen LogP contribution in [0.15, 0.2) is 45.7 Å². The summed E-state index contributed by atoms with van der Waals surface area (Å²) in [5, 5.41) is 1.45. The first-order valence-corrected chi connectivity index (χ1v) is 7.32. The molecule has 1 unspecified atom stereocenters. The van der Waals surface area contributed by atoms with Crippen LogP contribution in [0.1, 0.15) is 10.5 Å². The summed E-state index contributed by atoms with van der Waals surface area (Å²) < 4.78 is 39.3. The molecule has 1 aliphatic rings. The van der Waals surface area contributed by atoms with Crippen molar-refractivity contribution >= 4 is 27.8 Å². The van der Waals surface area contributed by atoms with Crippen molar-refractivity contribution in [1.29, 1.82) is 0 Å². The van der Waals surface area contributed by atoms with Gasteiger partial charge in [0.15, 0.2) is 0 Å². The van der Waals surface area contributed by atoms with Crippen molar-refractivity contribution in [2.45, 2.75) is 11.1 Å². The Morgan fingerprint density at radius 2 is 2.14 bits per heavy atom. The highest BCUT2D eigenvalue weighted by Gasteiger charge is 2.40. The number of alkyl halides is 3. The van der Waals surface area contributed by atoms with E-state index in [2.05, 4.69) is 9.97 Å². The predicted molar refractivity (Wildman–Crippen MR) is 75.1 cm³/mol. The summed E-state index contributed by atoms with van der Waals surface area (Å²) >= 11 is 0. The van der Waals surface area contributed by atoms with Gasteiger partial charge < -0.3 is 10.7 Å². The average molecular weight is 313 g/mol. The summed E-state index contributed by atoms with van der Waals surface area (Å²) in [4.78, 5) is 18.0. The van der Waals surface area contributed by atoms with Crippen LogP contribution >= 0.6 is 10.9 Å². The molecular formula is C13H10F3N3OS. The van der Waals surface area contributed by atoms with Crippen LogP contribution in [-0.2, 0) is 0 Å². The van der Waals surface area contributed by atoms with Gasteiger partial charge >= 0.3 is 6.18 Å². The number of pyridine rings is 1. The maximum absolute atomic E-state index is 13.1. The normalized spacial score (nSPS) is 20.0. The summed E-state index contributed by atoms with van der Waals surface area (Å²) in [6.07, 6.45) is -0.613. The number of rotatable bonds is 2. The van der Waals surface area contributed by atoms with Crippen molar-refractivity contribution in [1.82, 2.24) is 9.97 Å². The summed E-state index contributed by atoms with van der Waals surface area (Å²) in [5.41, 5.74) is 6.11. The molecule has 0 saturated carbocycles. The van der Waals surface area contributed by atoms with E-state index in [1.165, 1.54) is 17.7 Å². The minimum Gasteiger partial charge on any atom is -0.364 e. The van der Waals surface area contributed by atoms with E-state index in [4.69, 9.17) is 5.73 Å². The van der Waals surface area contributed by atoms with Gasteiger partial charge in [0, 0.05) is 6.20 Å². The second kappa shape index (κ2) is 4.66. The number of aromatic amines is 1. The Morgan fingerprint density at radius 1 is 1.38 bits per heavy atom. The highest BCUT2D eigenvalue weighted by molar-refractivity contribution is 8.23. The number of hydrogen-bond donors (Lipinski definition) is 3. The van der Waals surface area contributed by atoms with Gasteiger partial charge in [-0.1, -0.05) is 6.08 Å². The number of thiol groups is 1. The Kier molecular flexibility index (Phi) is 3.05. The van der Waals surface area contributed by atoms with E-state index < -0.39 is 27.9 Å². The van der Waals surface area contributed by atoms with Crippen LogP contribution in [0.2, 0.25) is 0 Å². The zero-order valence-corrected chi connectivity index (χ0v) is 11.4. The van der Waals surface area contributed by atoms with E-state index in [-0.39, 0.29) is 10.6 Å². The Morgan fingerprint density at radius 3 is 2.81 bits per heavy atom. The Hall–Kier alpha value is -2.22. The molecule has 3 heterocycles. The fraction of sp³-hybridized carbons (Fsp3) is 0.0769. The Bertz CT molecular complexity index is 792. The number of carbonyl (C=O) groups excluding carboxylic acids is 1. The highest BCUT2D eigenvalue weighted by atomic mass is 32.2. The third kappa shape index (κ3) is 2.21. The van der Waals surface area contributed by atoms with Crippen LogP contribution in [0.4, 0.5) is 13.2 Å². The molecule has 0 saturated heterocycles. The third-order valence-corrected chi connectivity index (χ3v) is 5.36. The molecule has 1 amide bonds. The maximum atomic E-state index is 13.1. The third-order valence-electron chi connectivity index (χ3n) is 3.05. The summed E-state index contributed by atoms with van der Waals surface area (Å²) in [5.74, 6) is -0.799. The summed E-state index contributed by atoms with van der Waals surface area (Å²) in [6, 6.07) is 3.27. The molecule has 0 aliphatic carbocycles. The zero-order chi connectivity index (χ0) is 15.2. The molecule has 110 valence electrons. The fourth-order valence-electron chi connectivity index (χ4n) is 2.23. The fourth-order valence-corrected chi connectivity index (χ4v) is 4.37. The van der Waals surface area contributed by atoms with Gasteiger partial charge in [0.2, 0.25) is 0 Å². The monoisotopic (exact) mass is 313 g/mol. The highest BCUT2D eigenvalue weighted by Crippen LogP contribution is 2.57. The molecule has 0 fully saturated rings. The van der Waals surface area contributed by atoms with Crippen molar-refractivity contribution in [3.8, 4) is 0 Å². The van der Waals surface area contributed by atoms with Gasteiger partial charge in [0.05, 0.1) is 15.3 Å². The molecule has 8 heteroatoms. The van der Waals surface area contributed by atoms with Gasteiger partial charge in [-0.05, 0) is 23.6 Å². The second-order valence-electron chi connectivity index (χ2n) is 4.37. The number of nitrogens with one attached hydrogen (secondary N) is 1. The smallest absolute Gasteiger partial charge is 0.364 e. The van der Waals surface area contributed by atoms with Crippen molar-refractivity contribution < 1.29 is 18.0 Å². The number of primary amides is 1. The van der Waals surface area contributed by atoms with Crippen LogP contribution in [0.25, 0.3) is 11.0 Å². The minimum absolute atomic E-state index is 0.0171. The molecule has 1 aliphatic heterocycles. The molecule has 0 aromatic carbocycles. The Labute approximate surface area is 119 Å². The van der Waals surface area contributed by atoms with Crippen LogP contribution in [-0.4, -0.2) is 22.1 Å². The SMILES string of the molecule is NC(=O)c1[nH]c2cccnc2c1[SH]1C=CC=C1C(F)(F)F. The van der Waals surface area contributed by atoms with Crippen LogP contribution < -0.4 is 5.73 Å². The quantitative estimate of drug-likeness (QED) is 0.746. The lowest BCUT2D eigenvalue weighted by molar-refractivity contribution is -0.0836. The van der Waals surface area contributed by atoms with Crippen LogP contribution in [0.5, 0.6) is 0 Å². The lowest BCUT2D eigenvalue weighted by atomic mass is 10.3. The average Bonchev–Trinajstić information content (AvgIpc) is 3.01. The Balaban J connectivity index is 2.25. The second-order valence-corrected chi connectivity index (χ2v) is 6.34. The molecular weight excluding hydrogens is 303 g/mol. The van der Waals surface area contributed by atoms with E-state index in [0.717, 1.165) is 6.08 Å². The topological polar surface area (TPSA) is 71.8 Å². The number of amides is 1. The number of allylic oxidation sites excluding steroid dienone is 3. The predicted octanol–water partition coefficient (Wildman–Crippen LogP) is 3.00. The zero-order valence-electron chi connectivity index (χ0n) is 10.5. The number of halogens is 3. The van der Waals surface area contributed by atoms with E-state index in [0.29, 0.717) is 11.0 Å². The molecule has 3 rings (SSSR count). The molecule has 2 aromatic rings. The lowest BCUT2D eigenvalue weighted by Crippen LogP contribution is -2.15. The van der Waals surface area contributed by atoms with E-state index >= 15 is 0 Å². The molecule has 4 nitrogen and oxygen atoms in total. The van der Waals surface area contributed by atoms with Crippen LogP contribution in [0, 0.1) is 0 Å². The van der Waals surface area contributed by atoms with Gasteiger partial charge in [-0.25, -0.2) is 0 Å². The molecule has 3 N–H and O–H groups in total. The van der Waals surface area contributed by atoms with E-state index in [1.807, 2.05) is 0 Å². The maximum Gasteiger partial charge on any atom is 0.421 e. The van der Waals surface area contributed by atoms with Gasteiger partial charge in [-0.3, -0.25) is 9.78 Å². The molecule has 2 aromatic heterocycles. The van der Waals surface area contributed by atoms with Gasteiger partial charge in [0.25, 0.3) is 5.91 Å². The van der Waals surface area contributed by atoms with Crippen molar-refractivity contribution in [3.05, 3.63) is 46.5 Å². The molecule has 0 spiro atoms. The van der Waals surface area contributed by atoms with Crippen molar-refractivity contribution in [2.24, 2.45) is 5.73 Å².